The highest BCUT2D eigenvalue weighted by molar-refractivity contribution is 5.95. The van der Waals surface area contributed by atoms with E-state index in [1.807, 2.05) is 16.7 Å². The molecule has 49 heavy (non-hydrogen) atoms. The molecular weight excluding hydrogens is 655 g/mol. The van der Waals surface area contributed by atoms with Gasteiger partial charge in [0, 0.05) is 29.8 Å². The number of rotatable bonds is 13. The summed E-state index contributed by atoms with van der Waals surface area (Å²) in [5, 5.41) is 9.70. The first kappa shape index (κ1) is 34.4. The topological polar surface area (TPSA) is 108 Å². The number of benzene rings is 2. The van der Waals surface area contributed by atoms with Crippen molar-refractivity contribution in [2.24, 2.45) is 0 Å². The van der Waals surface area contributed by atoms with Crippen LogP contribution in [-0.2, 0) is 30.6 Å². The number of carbonyl (C=O) groups is 1. The third-order valence-corrected chi connectivity index (χ3v) is 8.80. The van der Waals surface area contributed by atoms with Crippen molar-refractivity contribution in [3.05, 3.63) is 76.7 Å². The molecule has 0 amide bonds. The van der Waals surface area contributed by atoms with Crippen molar-refractivity contribution in [3.8, 4) is 17.4 Å². The van der Waals surface area contributed by atoms with Gasteiger partial charge in [0.05, 0.1) is 42.9 Å². The minimum absolute atomic E-state index is 0.00613. The minimum atomic E-state index is -4.49. The number of hydrogen-bond acceptors (Lipinski definition) is 8. The number of aromatic nitrogens is 3. The number of halogens is 5. The molecule has 0 radical (unpaired) electrons. The molecule has 1 N–H and O–H groups in total. The molecule has 262 valence electrons. The molecular formula is C34H35F5N4O6. The van der Waals surface area contributed by atoms with Gasteiger partial charge in [-0.05, 0) is 62.7 Å². The van der Waals surface area contributed by atoms with E-state index in [-0.39, 0.29) is 35.7 Å². The monoisotopic (exact) mass is 690 g/mol. The zero-order valence-corrected chi connectivity index (χ0v) is 26.6. The van der Waals surface area contributed by atoms with E-state index in [1.165, 1.54) is 25.3 Å². The first-order chi connectivity index (χ1) is 23.5. The second kappa shape index (κ2) is 14.5. The maximum Gasteiger partial charge on any atom is 0.416 e. The van der Waals surface area contributed by atoms with Gasteiger partial charge in [0.1, 0.15) is 36.1 Å². The van der Waals surface area contributed by atoms with Crippen molar-refractivity contribution in [3.63, 3.8) is 0 Å². The Morgan fingerprint density at radius 2 is 1.82 bits per heavy atom. The molecule has 2 saturated heterocycles. The Kier molecular flexibility index (Phi) is 10.2. The molecule has 0 spiro atoms. The highest BCUT2D eigenvalue weighted by Gasteiger charge is 2.31. The molecule has 6 rings (SSSR count). The summed E-state index contributed by atoms with van der Waals surface area (Å²) in [5.74, 6) is -0.00255. The van der Waals surface area contributed by atoms with Crippen LogP contribution in [0.2, 0.25) is 0 Å². The summed E-state index contributed by atoms with van der Waals surface area (Å²) in [6.45, 7) is 2.02. The molecule has 4 heterocycles. The molecule has 2 fully saturated rings. The summed E-state index contributed by atoms with van der Waals surface area (Å²) in [6, 6.07) is 11.4. The van der Waals surface area contributed by atoms with Crippen LogP contribution in [-0.4, -0.2) is 76.5 Å². The van der Waals surface area contributed by atoms with E-state index in [0.717, 1.165) is 37.1 Å². The lowest BCUT2D eigenvalue weighted by Gasteiger charge is -2.32. The maximum absolute atomic E-state index is 13.1. The van der Waals surface area contributed by atoms with Gasteiger partial charge in [0.15, 0.2) is 0 Å². The number of alkyl halides is 5. The summed E-state index contributed by atoms with van der Waals surface area (Å²) in [7, 11) is 1.31. The third kappa shape index (κ3) is 8.05. The molecule has 1 atom stereocenters. The summed E-state index contributed by atoms with van der Waals surface area (Å²) in [4.78, 5) is 23.6. The van der Waals surface area contributed by atoms with Crippen LogP contribution in [0.1, 0.15) is 58.2 Å². The Hall–Kier alpha value is -4.50. The Labute approximate surface area is 278 Å². The van der Waals surface area contributed by atoms with Crippen molar-refractivity contribution in [2.45, 2.75) is 63.6 Å². The molecule has 2 aliphatic rings. The summed E-state index contributed by atoms with van der Waals surface area (Å²) in [6.07, 6.45) is -4.89. The van der Waals surface area contributed by atoms with Crippen LogP contribution in [0.4, 0.5) is 22.0 Å². The van der Waals surface area contributed by atoms with Crippen molar-refractivity contribution in [1.29, 1.82) is 0 Å². The Morgan fingerprint density at radius 3 is 2.47 bits per heavy atom. The second-order valence-corrected chi connectivity index (χ2v) is 12.0. The first-order valence-electron chi connectivity index (χ1n) is 15.8. The number of carboxylic acids is 1. The predicted molar refractivity (Wildman–Crippen MR) is 166 cm³/mol. The van der Waals surface area contributed by atoms with Crippen molar-refractivity contribution < 1.29 is 50.8 Å². The smallest absolute Gasteiger partial charge is 0.416 e. The van der Waals surface area contributed by atoms with E-state index in [4.69, 9.17) is 23.9 Å². The molecule has 2 aliphatic heterocycles. The van der Waals surface area contributed by atoms with Crippen LogP contribution >= 0.6 is 0 Å². The minimum Gasteiger partial charge on any atom is -0.496 e. The molecule has 10 nitrogen and oxygen atoms in total. The zero-order chi connectivity index (χ0) is 34.7. The van der Waals surface area contributed by atoms with Crippen LogP contribution < -0.4 is 14.2 Å². The summed E-state index contributed by atoms with van der Waals surface area (Å²) < 4.78 is 89.3. The van der Waals surface area contributed by atoms with Crippen molar-refractivity contribution in [2.75, 3.05) is 33.4 Å². The highest BCUT2D eigenvalue weighted by atomic mass is 19.4. The van der Waals surface area contributed by atoms with Crippen LogP contribution in [0, 0.1) is 0 Å². The van der Waals surface area contributed by atoms with Crippen LogP contribution in [0.3, 0.4) is 0 Å². The zero-order valence-electron chi connectivity index (χ0n) is 26.6. The molecule has 4 aromatic rings. The standard InChI is InChI=1S/C34H35F5N4O6/c1-46-27-15-23(34(37,38)39)6-5-21(27)18-49-31-4-2-3-25(40-31)20-7-10-42(11-8-20)17-30-41-32-26(43(30)16-24-9-12-47-24)13-22(33(44)45)14-28(32)48-19-29(35)36/h2-6,13-15,20,24,29H,7-12,16-19H2,1H3,(H,44,45)/t24-/m0/s1. The number of likely N-dealkylation sites (tertiary alicyclic amines) is 1. The van der Waals surface area contributed by atoms with Crippen molar-refractivity contribution >= 4 is 17.0 Å². The van der Waals surface area contributed by atoms with Gasteiger partial charge in [-0.2, -0.15) is 13.2 Å². The molecule has 0 saturated carbocycles. The number of piperidine rings is 1. The SMILES string of the molecule is COc1cc(C(F)(F)F)ccc1COc1cccc(C2CCN(Cc3nc4c(OCC(F)F)cc(C(=O)O)cc4n3C[C@@H]3CCO3)CC2)n1. The van der Waals surface area contributed by atoms with E-state index in [0.29, 0.717) is 61.1 Å². The highest BCUT2D eigenvalue weighted by Crippen LogP contribution is 2.35. The quantitative estimate of drug-likeness (QED) is 0.156. The Balaban J connectivity index is 1.14. The number of ether oxygens (including phenoxy) is 4. The van der Waals surface area contributed by atoms with E-state index in [2.05, 4.69) is 9.88 Å². The lowest BCUT2D eigenvalue weighted by molar-refractivity contribution is -0.137. The molecule has 2 aromatic heterocycles. The van der Waals surface area contributed by atoms with Gasteiger partial charge >= 0.3 is 12.1 Å². The number of nitrogens with zero attached hydrogens (tertiary/aromatic N) is 4. The Morgan fingerprint density at radius 1 is 1.04 bits per heavy atom. The summed E-state index contributed by atoms with van der Waals surface area (Å²) >= 11 is 0. The molecule has 2 aromatic carbocycles. The number of hydrogen-bond donors (Lipinski definition) is 1. The molecule has 0 unspecified atom stereocenters. The normalized spacial score (nSPS) is 17.3. The van der Waals surface area contributed by atoms with Crippen LogP contribution in [0.5, 0.6) is 17.4 Å². The van der Waals surface area contributed by atoms with Crippen LogP contribution in [0.25, 0.3) is 11.0 Å². The predicted octanol–water partition coefficient (Wildman–Crippen LogP) is 6.55. The largest absolute Gasteiger partial charge is 0.496 e. The number of methoxy groups -OCH3 is 1. The van der Waals surface area contributed by atoms with E-state index < -0.39 is 30.7 Å². The van der Waals surface area contributed by atoms with Gasteiger partial charge < -0.3 is 28.6 Å². The van der Waals surface area contributed by atoms with Gasteiger partial charge in [-0.25, -0.2) is 23.5 Å². The van der Waals surface area contributed by atoms with Gasteiger partial charge in [0.25, 0.3) is 6.43 Å². The van der Waals surface area contributed by atoms with Crippen molar-refractivity contribution in [1.82, 2.24) is 19.4 Å². The molecule has 0 aliphatic carbocycles. The van der Waals surface area contributed by atoms with E-state index in [1.54, 1.807) is 6.07 Å². The van der Waals surface area contributed by atoms with Gasteiger partial charge in [0.2, 0.25) is 5.88 Å². The van der Waals surface area contributed by atoms with E-state index in [9.17, 15) is 31.9 Å². The van der Waals surface area contributed by atoms with E-state index >= 15 is 0 Å². The number of carboxylic acid groups (broad SMARTS) is 1. The number of fused-ring (bicyclic) bond motifs is 1. The number of imidazole rings is 1. The molecule has 15 heteroatoms. The Bertz CT molecular complexity index is 1790. The fourth-order valence-corrected chi connectivity index (χ4v) is 6.10. The lowest BCUT2D eigenvalue weighted by Crippen LogP contribution is -2.35. The number of aromatic carboxylic acids is 1. The maximum atomic E-state index is 13.1. The average molecular weight is 691 g/mol. The fraction of sp³-hybridized carbons (Fsp3) is 0.441. The first-order valence-corrected chi connectivity index (χ1v) is 15.8. The summed E-state index contributed by atoms with van der Waals surface area (Å²) in [5.41, 5.74) is 1.21. The third-order valence-electron chi connectivity index (χ3n) is 8.80. The second-order valence-electron chi connectivity index (χ2n) is 12.0. The van der Waals surface area contributed by atoms with Gasteiger partial charge in [-0.15, -0.1) is 0 Å². The average Bonchev–Trinajstić information content (AvgIpc) is 3.40. The molecule has 0 bridgehead atoms. The fourth-order valence-electron chi connectivity index (χ4n) is 6.10. The number of pyridine rings is 1. The van der Waals surface area contributed by atoms with Crippen LogP contribution in [0.15, 0.2) is 48.5 Å². The van der Waals surface area contributed by atoms with Gasteiger partial charge in [-0.3, -0.25) is 4.90 Å². The lowest BCUT2D eigenvalue weighted by atomic mass is 9.93. The van der Waals surface area contributed by atoms with Gasteiger partial charge in [-0.1, -0.05) is 12.1 Å².